The van der Waals surface area contributed by atoms with Gasteiger partial charge in [-0.3, -0.25) is 0 Å². The molecule has 0 aliphatic carbocycles. The minimum Gasteiger partial charge on any atom is -0.480 e. The van der Waals surface area contributed by atoms with Gasteiger partial charge < -0.3 is 19.3 Å². The molecule has 1 heterocycles. The Balaban J connectivity index is 1.82. The molecule has 0 radical (unpaired) electrons. The summed E-state index contributed by atoms with van der Waals surface area (Å²) in [6.45, 7) is 1.51. The fourth-order valence-corrected chi connectivity index (χ4v) is 2.52. The van der Waals surface area contributed by atoms with Crippen molar-refractivity contribution >= 4 is 29.2 Å². The van der Waals surface area contributed by atoms with Gasteiger partial charge in [-0.1, -0.05) is 23.2 Å². The molecule has 5 nitrogen and oxygen atoms in total. The number of aliphatic hydroxyl groups excluding tert-OH is 1. The maximum atomic E-state index is 11.7. The highest BCUT2D eigenvalue weighted by molar-refractivity contribution is 6.35. The van der Waals surface area contributed by atoms with Crippen molar-refractivity contribution in [3.8, 4) is 5.75 Å². The second-order valence-corrected chi connectivity index (χ2v) is 5.70. The average molecular weight is 335 g/mol. The number of hydrogen-bond acceptors (Lipinski definition) is 5. The first-order chi connectivity index (χ1) is 9.94. The van der Waals surface area contributed by atoms with Crippen LogP contribution in [0.1, 0.15) is 19.8 Å². The smallest absolute Gasteiger partial charge is 0.346 e. The van der Waals surface area contributed by atoms with Gasteiger partial charge >= 0.3 is 5.97 Å². The third-order valence-corrected chi connectivity index (χ3v) is 3.49. The summed E-state index contributed by atoms with van der Waals surface area (Å²) in [5.74, 6) is -0.247. The van der Waals surface area contributed by atoms with Crippen LogP contribution in [0.15, 0.2) is 18.2 Å². The minimum atomic E-state index is -0.750. The summed E-state index contributed by atoms with van der Waals surface area (Å²) in [6, 6.07) is 4.70. The quantitative estimate of drug-likeness (QED) is 0.857. The van der Waals surface area contributed by atoms with Crippen molar-refractivity contribution in [1.82, 2.24) is 0 Å². The lowest BCUT2D eigenvalue weighted by Gasteiger charge is -2.30. The first-order valence-corrected chi connectivity index (χ1v) is 7.30. The zero-order chi connectivity index (χ0) is 15.4. The van der Waals surface area contributed by atoms with Gasteiger partial charge in [0.25, 0.3) is 0 Å². The Kier molecular flexibility index (Phi) is 5.70. The number of carbonyl (C=O) groups excluding carboxylic acids is 1. The van der Waals surface area contributed by atoms with Crippen molar-refractivity contribution in [3.63, 3.8) is 0 Å². The van der Waals surface area contributed by atoms with E-state index in [0.717, 1.165) is 0 Å². The van der Waals surface area contributed by atoms with Crippen LogP contribution in [0.3, 0.4) is 0 Å². The summed E-state index contributed by atoms with van der Waals surface area (Å²) in [7, 11) is 0. The molecule has 7 heteroatoms. The lowest BCUT2D eigenvalue weighted by atomic mass is 10.1. The van der Waals surface area contributed by atoms with E-state index >= 15 is 0 Å². The molecule has 0 bridgehead atoms. The predicted molar refractivity (Wildman–Crippen MR) is 77.6 cm³/mol. The van der Waals surface area contributed by atoms with E-state index in [1.807, 2.05) is 6.92 Å². The van der Waals surface area contributed by atoms with E-state index in [-0.39, 0.29) is 19.1 Å². The number of esters is 1. The Bertz CT molecular complexity index is 498. The lowest BCUT2D eigenvalue weighted by molar-refractivity contribution is -0.214. The second-order valence-electron chi connectivity index (χ2n) is 4.85. The molecular formula is C14H16Cl2O5. The highest BCUT2D eigenvalue weighted by atomic mass is 35.5. The molecule has 3 atom stereocenters. The van der Waals surface area contributed by atoms with Gasteiger partial charge in [0.05, 0.1) is 17.2 Å². The Morgan fingerprint density at radius 1 is 1.43 bits per heavy atom. The van der Waals surface area contributed by atoms with Gasteiger partial charge in [-0.15, -0.1) is 0 Å². The van der Waals surface area contributed by atoms with E-state index < -0.39 is 18.4 Å². The second kappa shape index (κ2) is 7.31. The molecule has 0 saturated carbocycles. The Morgan fingerprint density at radius 2 is 2.19 bits per heavy atom. The van der Waals surface area contributed by atoms with Crippen LogP contribution >= 0.6 is 23.2 Å². The number of hydrogen-bond donors (Lipinski definition) is 1. The molecule has 1 aliphatic heterocycles. The maximum absolute atomic E-state index is 11.7. The third-order valence-electron chi connectivity index (χ3n) is 2.95. The van der Waals surface area contributed by atoms with Gasteiger partial charge in [0.2, 0.25) is 6.29 Å². The van der Waals surface area contributed by atoms with E-state index in [1.54, 1.807) is 12.1 Å². The molecule has 21 heavy (non-hydrogen) atoms. The third kappa shape index (κ3) is 5.04. The molecule has 1 aliphatic rings. The van der Waals surface area contributed by atoms with Gasteiger partial charge in [-0.25, -0.2) is 4.79 Å². The molecule has 2 rings (SSSR count). The molecule has 1 fully saturated rings. The SMILES string of the molecule is CC1CC(O)CC(OC(=O)COc2ccc(Cl)cc2Cl)O1. The lowest BCUT2D eigenvalue weighted by Crippen LogP contribution is -2.37. The van der Waals surface area contributed by atoms with Gasteiger partial charge in [0.15, 0.2) is 6.61 Å². The summed E-state index contributed by atoms with van der Waals surface area (Å²) in [4.78, 5) is 11.7. The molecule has 1 saturated heterocycles. The fourth-order valence-electron chi connectivity index (χ4n) is 2.06. The van der Waals surface area contributed by atoms with Crippen LogP contribution in [-0.2, 0) is 14.3 Å². The van der Waals surface area contributed by atoms with Crippen molar-refractivity contribution in [3.05, 3.63) is 28.2 Å². The summed E-state index contributed by atoms with van der Waals surface area (Å²) < 4.78 is 15.8. The molecule has 1 aromatic carbocycles. The zero-order valence-corrected chi connectivity index (χ0v) is 12.9. The summed E-state index contributed by atoms with van der Waals surface area (Å²) in [5, 5.41) is 10.4. The molecule has 0 spiro atoms. The number of ether oxygens (including phenoxy) is 3. The number of benzene rings is 1. The van der Waals surface area contributed by atoms with Crippen molar-refractivity contribution in [2.75, 3.05) is 6.61 Å². The van der Waals surface area contributed by atoms with Crippen LogP contribution in [0, 0.1) is 0 Å². The van der Waals surface area contributed by atoms with Crippen LogP contribution in [0.2, 0.25) is 10.0 Å². The molecule has 1 N–H and O–H groups in total. The van der Waals surface area contributed by atoms with E-state index in [0.29, 0.717) is 22.2 Å². The van der Waals surface area contributed by atoms with Crippen LogP contribution in [-0.4, -0.2) is 36.2 Å². The van der Waals surface area contributed by atoms with E-state index in [2.05, 4.69) is 0 Å². The molecule has 0 aromatic heterocycles. The monoisotopic (exact) mass is 334 g/mol. The van der Waals surface area contributed by atoms with Crippen molar-refractivity contribution in [2.24, 2.45) is 0 Å². The zero-order valence-electron chi connectivity index (χ0n) is 11.4. The fraction of sp³-hybridized carbons (Fsp3) is 0.500. The highest BCUT2D eigenvalue weighted by Crippen LogP contribution is 2.27. The average Bonchev–Trinajstić information content (AvgIpc) is 2.36. The van der Waals surface area contributed by atoms with Crippen LogP contribution < -0.4 is 4.74 Å². The molecule has 116 valence electrons. The van der Waals surface area contributed by atoms with E-state index in [4.69, 9.17) is 37.4 Å². The van der Waals surface area contributed by atoms with Crippen LogP contribution in [0.25, 0.3) is 0 Å². The minimum absolute atomic E-state index is 0.154. The van der Waals surface area contributed by atoms with Crippen molar-refractivity contribution < 1.29 is 24.1 Å². The molecular weight excluding hydrogens is 319 g/mol. The molecule has 0 amide bonds. The van der Waals surface area contributed by atoms with E-state index in [9.17, 15) is 9.90 Å². The Labute approximate surface area is 132 Å². The van der Waals surface area contributed by atoms with Gasteiger partial charge in [0, 0.05) is 11.4 Å². The number of aliphatic hydroxyl groups is 1. The topological polar surface area (TPSA) is 65.0 Å². The first-order valence-electron chi connectivity index (χ1n) is 6.55. The Hall–Kier alpha value is -1.01. The first kappa shape index (κ1) is 16.4. The van der Waals surface area contributed by atoms with Crippen LogP contribution in [0.4, 0.5) is 0 Å². The standard InChI is InChI=1S/C14H16Cl2O5/c1-8-4-10(17)6-14(20-8)21-13(18)7-19-12-3-2-9(15)5-11(12)16/h2-3,5,8,10,14,17H,4,6-7H2,1H3. The van der Waals surface area contributed by atoms with Gasteiger partial charge in [-0.2, -0.15) is 0 Å². The van der Waals surface area contributed by atoms with Gasteiger partial charge in [-0.05, 0) is 31.5 Å². The normalized spacial score (nSPS) is 25.4. The van der Waals surface area contributed by atoms with Crippen LogP contribution in [0.5, 0.6) is 5.75 Å². The predicted octanol–water partition coefficient (Wildman–Crippen LogP) is 2.80. The largest absolute Gasteiger partial charge is 0.480 e. The maximum Gasteiger partial charge on any atom is 0.346 e. The number of carbonyl (C=O) groups is 1. The summed E-state index contributed by atoms with van der Waals surface area (Å²) in [5.41, 5.74) is 0. The number of halogens is 2. The highest BCUT2D eigenvalue weighted by Gasteiger charge is 2.28. The summed E-state index contributed by atoms with van der Waals surface area (Å²) in [6.07, 6.45) is -0.639. The van der Waals surface area contributed by atoms with Gasteiger partial charge in [0.1, 0.15) is 5.75 Å². The van der Waals surface area contributed by atoms with E-state index in [1.165, 1.54) is 6.07 Å². The van der Waals surface area contributed by atoms with Crippen molar-refractivity contribution in [1.29, 1.82) is 0 Å². The number of rotatable bonds is 4. The van der Waals surface area contributed by atoms with Crippen molar-refractivity contribution in [2.45, 2.75) is 38.3 Å². The molecule has 1 aromatic rings. The Morgan fingerprint density at radius 3 is 2.86 bits per heavy atom. The summed E-state index contributed by atoms with van der Waals surface area (Å²) >= 11 is 11.7. The molecule has 3 unspecified atom stereocenters.